The molecule has 3 rings (SSSR count). The second-order valence-corrected chi connectivity index (χ2v) is 7.91. The van der Waals surface area contributed by atoms with Gasteiger partial charge in [0.1, 0.15) is 4.90 Å². The maximum atomic E-state index is 12.3. The van der Waals surface area contributed by atoms with Gasteiger partial charge >= 0.3 is 0 Å². The van der Waals surface area contributed by atoms with E-state index in [4.69, 9.17) is 0 Å². The largest absolute Gasteiger partial charge is 0.243 e. The molecule has 23 heavy (non-hydrogen) atoms. The molecular formula is C17H23N3O2S. The van der Waals surface area contributed by atoms with Crippen LogP contribution in [-0.4, -0.2) is 24.7 Å². The third-order valence-corrected chi connectivity index (χ3v) is 5.86. The van der Waals surface area contributed by atoms with Gasteiger partial charge in [-0.25, -0.2) is 17.8 Å². The smallest absolute Gasteiger partial charge is 0.240 e. The van der Waals surface area contributed by atoms with Gasteiger partial charge in [0.2, 0.25) is 10.0 Å². The molecule has 0 spiro atoms. The Hall–Kier alpha value is -1.66. The van der Waals surface area contributed by atoms with Crippen molar-refractivity contribution in [3.63, 3.8) is 0 Å². The minimum atomic E-state index is -3.48. The van der Waals surface area contributed by atoms with Crippen LogP contribution in [0.3, 0.4) is 0 Å². The lowest BCUT2D eigenvalue weighted by molar-refractivity contribution is 0.480. The van der Waals surface area contributed by atoms with Crippen molar-refractivity contribution >= 4 is 10.0 Å². The lowest BCUT2D eigenvalue weighted by Gasteiger charge is -2.09. The molecule has 0 radical (unpaired) electrons. The molecule has 1 fully saturated rings. The number of para-hydroxylation sites is 1. The summed E-state index contributed by atoms with van der Waals surface area (Å²) in [6.07, 6.45) is 10.2. The van der Waals surface area contributed by atoms with Crippen molar-refractivity contribution in [2.75, 3.05) is 6.54 Å². The first kappa shape index (κ1) is 16.2. The van der Waals surface area contributed by atoms with Crippen LogP contribution in [0.1, 0.15) is 38.5 Å². The molecule has 0 saturated heterocycles. The highest BCUT2D eigenvalue weighted by Gasteiger charge is 2.18. The molecule has 1 aliphatic carbocycles. The van der Waals surface area contributed by atoms with Gasteiger partial charge in [0.15, 0.2) is 0 Å². The van der Waals surface area contributed by atoms with Crippen LogP contribution in [-0.2, 0) is 10.0 Å². The van der Waals surface area contributed by atoms with Gasteiger partial charge in [-0.15, -0.1) is 0 Å². The number of rotatable bonds is 7. The van der Waals surface area contributed by atoms with E-state index < -0.39 is 10.0 Å². The Kier molecular flexibility index (Phi) is 5.13. The monoisotopic (exact) mass is 333 g/mol. The Labute approximate surface area is 137 Å². The van der Waals surface area contributed by atoms with Crippen LogP contribution in [0.2, 0.25) is 0 Å². The molecule has 0 unspecified atom stereocenters. The Bertz CT molecular complexity index is 719. The summed E-state index contributed by atoms with van der Waals surface area (Å²) in [5.41, 5.74) is 0.843. The highest BCUT2D eigenvalue weighted by molar-refractivity contribution is 7.89. The van der Waals surface area contributed by atoms with E-state index in [0.29, 0.717) is 6.54 Å². The number of hydrogen-bond acceptors (Lipinski definition) is 3. The molecule has 5 nitrogen and oxygen atoms in total. The van der Waals surface area contributed by atoms with E-state index in [2.05, 4.69) is 9.82 Å². The van der Waals surface area contributed by atoms with Crippen LogP contribution in [0.4, 0.5) is 0 Å². The molecule has 0 amide bonds. The molecule has 1 heterocycles. The Balaban J connectivity index is 1.56. The van der Waals surface area contributed by atoms with E-state index in [1.807, 2.05) is 30.3 Å². The fraction of sp³-hybridized carbons (Fsp3) is 0.471. The second kappa shape index (κ2) is 7.27. The second-order valence-electron chi connectivity index (χ2n) is 6.15. The van der Waals surface area contributed by atoms with Gasteiger partial charge in [-0.05, 0) is 30.9 Å². The van der Waals surface area contributed by atoms with Crippen LogP contribution < -0.4 is 4.72 Å². The van der Waals surface area contributed by atoms with Gasteiger partial charge in [-0.3, -0.25) is 0 Å². The summed E-state index contributed by atoms with van der Waals surface area (Å²) in [7, 11) is -3.48. The molecule has 1 aliphatic rings. The van der Waals surface area contributed by atoms with E-state index in [9.17, 15) is 8.42 Å². The molecular weight excluding hydrogens is 310 g/mol. The molecule has 1 aromatic carbocycles. The van der Waals surface area contributed by atoms with Crippen molar-refractivity contribution in [1.29, 1.82) is 0 Å². The zero-order valence-corrected chi connectivity index (χ0v) is 14.0. The van der Waals surface area contributed by atoms with Crippen molar-refractivity contribution in [2.24, 2.45) is 5.92 Å². The quantitative estimate of drug-likeness (QED) is 0.792. The van der Waals surface area contributed by atoms with E-state index in [0.717, 1.165) is 24.4 Å². The minimum absolute atomic E-state index is 0.210. The SMILES string of the molecule is O=S(=O)(NCCCC1CCCC1)c1cnn(-c2ccccc2)c1. The Morgan fingerprint density at radius 3 is 2.65 bits per heavy atom. The highest BCUT2D eigenvalue weighted by atomic mass is 32.2. The van der Waals surface area contributed by atoms with Gasteiger partial charge in [0, 0.05) is 6.54 Å². The van der Waals surface area contributed by atoms with Crippen LogP contribution in [0.25, 0.3) is 5.69 Å². The average molecular weight is 333 g/mol. The molecule has 1 aromatic heterocycles. The van der Waals surface area contributed by atoms with E-state index in [1.165, 1.54) is 31.9 Å². The van der Waals surface area contributed by atoms with Gasteiger partial charge in [-0.1, -0.05) is 43.9 Å². The van der Waals surface area contributed by atoms with Crippen molar-refractivity contribution in [3.8, 4) is 5.69 Å². The molecule has 6 heteroatoms. The van der Waals surface area contributed by atoms with Crippen molar-refractivity contribution < 1.29 is 8.42 Å². The first-order chi connectivity index (χ1) is 11.1. The zero-order valence-electron chi connectivity index (χ0n) is 13.2. The first-order valence-electron chi connectivity index (χ1n) is 8.25. The normalized spacial score (nSPS) is 16.0. The third-order valence-electron chi connectivity index (χ3n) is 4.45. The summed E-state index contributed by atoms with van der Waals surface area (Å²) in [5, 5.41) is 4.14. The lowest BCUT2D eigenvalue weighted by Crippen LogP contribution is -2.24. The summed E-state index contributed by atoms with van der Waals surface area (Å²) in [6.45, 7) is 0.495. The van der Waals surface area contributed by atoms with E-state index in [1.54, 1.807) is 10.9 Å². The van der Waals surface area contributed by atoms with Gasteiger partial charge < -0.3 is 0 Å². The number of nitrogens with zero attached hydrogens (tertiary/aromatic N) is 2. The van der Waals surface area contributed by atoms with Gasteiger partial charge in [0.25, 0.3) is 0 Å². The molecule has 0 bridgehead atoms. The Morgan fingerprint density at radius 1 is 1.17 bits per heavy atom. The predicted molar refractivity (Wildman–Crippen MR) is 89.9 cm³/mol. The highest BCUT2D eigenvalue weighted by Crippen LogP contribution is 2.28. The summed E-state index contributed by atoms with van der Waals surface area (Å²) >= 11 is 0. The summed E-state index contributed by atoms with van der Waals surface area (Å²) in [5.74, 6) is 0.792. The van der Waals surface area contributed by atoms with Crippen molar-refractivity contribution in [1.82, 2.24) is 14.5 Å². The van der Waals surface area contributed by atoms with Crippen LogP contribution >= 0.6 is 0 Å². The number of hydrogen-bond donors (Lipinski definition) is 1. The molecule has 2 aromatic rings. The zero-order chi connectivity index (χ0) is 16.1. The Morgan fingerprint density at radius 2 is 1.91 bits per heavy atom. The van der Waals surface area contributed by atoms with Crippen molar-refractivity contribution in [2.45, 2.75) is 43.4 Å². The summed E-state index contributed by atoms with van der Waals surface area (Å²) < 4.78 is 28.9. The molecule has 1 saturated carbocycles. The summed E-state index contributed by atoms with van der Waals surface area (Å²) in [4.78, 5) is 0.210. The third kappa shape index (κ3) is 4.20. The van der Waals surface area contributed by atoms with Crippen LogP contribution in [0.5, 0.6) is 0 Å². The molecule has 124 valence electrons. The molecule has 0 atom stereocenters. The first-order valence-corrected chi connectivity index (χ1v) is 9.73. The van der Waals surface area contributed by atoms with Crippen LogP contribution in [0, 0.1) is 5.92 Å². The number of sulfonamides is 1. The fourth-order valence-corrected chi connectivity index (χ4v) is 4.15. The number of nitrogens with one attached hydrogen (secondary N) is 1. The molecule has 0 aliphatic heterocycles. The fourth-order valence-electron chi connectivity index (χ4n) is 3.15. The number of benzene rings is 1. The van der Waals surface area contributed by atoms with Gasteiger partial charge in [0.05, 0.1) is 18.1 Å². The van der Waals surface area contributed by atoms with E-state index in [-0.39, 0.29) is 4.90 Å². The maximum Gasteiger partial charge on any atom is 0.243 e. The van der Waals surface area contributed by atoms with E-state index >= 15 is 0 Å². The lowest BCUT2D eigenvalue weighted by atomic mass is 10.0. The van der Waals surface area contributed by atoms with Gasteiger partial charge in [-0.2, -0.15) is 5.10 Å². The summed E-state index contributed by atoms with van der Waals surface area (Å²) in [6, 6.07) is 9.48. The predicted octanol–water partition coefficient (Wildman–Crippen LogP) is 3.12. The number of aromatic nitrogens is 2. The standard InChI is InChI=1S/C17H23N3O2S/c21-23(22,19-12-6-9-15-7-4-5-8-15)17-13-18-20(14-17)16-10-2-1-3-11-16/h1-3,10-11,13-15,19H,4-9,12H2. The van der Waals surface area contributed by atoms with Crippen LogP contribution in [0.15, 0.2) is 47.6 Å². The van der Waals surface area contributed by atoms with Crippen molar-refractivity contribution in [3.05, 3.63) is 42.7 Å². The topological polar surface area (TPSA) is 64.0 Å². The molecule has 1 N–H and O–H groups in total. The maximum absolute atomic E-state index is 12.3. The minimum Gasteiger partial charge on any atom is -0.240 e. The average Bonchev–Trinajstić information content (AvgIpc) is 3.24.